The molecular formula is C50H93NO8P+. The van der Waals surface area contributed by atoms with Crippen LogP contribution in [0.2, 0.25) is 0 Å². The molecule has 0 saturated carbocycles. The van der Waals surface area contributed by atoms with E-state index in [0.29, 0.717) is 17.4 Å². The fraction of sp³-hybridized carbons (Fsp3) is 0.800. The molecule has 0 fully saturated rings. The minimum absolute atomic E-state index is 0.0190. The number of unbranched alkanes of at least 4 members (excludes halogenated alkanes) is 22. The lowest BCUT2D eigenvalue weighted by atomic mass is 10.0. The van der Waals surface area contributed by atoms with Crippen molar-refractivity contribution in [2.75, 3.05) is 47.5 Å². The summed E-state index contributed by atoms with van der Waals surface area (Å²) in [4.78, 5) is 35.4. The monoisotopic (exact) mass is 867 g/mol. The van der Waals surface area contributed by atoms with E-state index in [4.69, 9.17) is 18.5 Å². The molecule has 0 radical (unpaired) electrons. The van der Waals surface area contributed by atoms with Crippen LogP contribution in [0, 0.1) is 0 Å². The highest BCUT2D eigenvalue weighted by Gasteiger charge is 2.27. The van der Waals surface area contributed by atoms with Gasteiger partial charge in [0.25, 0.3) is 0 Å². The van der Waals surface area contributed by atoms with Gasteiger partial charge in [0.2, 0.25) is 0 Å². The number of nitrogens with zero attached hydrogens (tertiary/aromatic N) is 1. The van der Waals surface area contributed by atoms with E-state index in [2.05, 4.69) is 50.3 Å². The van der Waals surface area contributed by atoms with Gasteiger partial charge in [-0.05, 0) is 38.5 Å². The van der Waals surface area contributed by atoms with Crippen LogP contribution in [0.4, 0.5) is 0 Å². The van der Waals surface area contributed by atoms with Gasteiger partial charge in [0.05, 0.1) is 27.7 Å². The van der Waals surface area contributed by atoms with Crippen LogP contribution in [0.15, 0.2) is 48.6 Å². The van der Waals surface area contributed by atoms with Crippen molar-refractivity contribution >= 4 is 19.8 Å². The first-order chi connectivity index (χ1) is 29.0. The molecule has 0 amide bonds. The number of allylic oxidation sites excluding steroid dienone is 8. The van der Waals surface area contributed by atoms with Crippen LogP contribution >= 0.6 is 7.82 Å². The van der Waals surface area contributed by atoms with Gasteiger partial charge in [-0.15, -0.1) is 0 Å². The highest BCUT2D eigenvalue weighted by atomic mass is 31.2. The smallest absolute Gasteiger partial charge is 0.462 e. The predicted molar refractivity (Wildman–Crippen MR) is 252 cm³/mol. The molecule has 0 heterocycles. The topological polar surface area (TPSA) is 108 Å². The zero-order chi connectivity index (χ0) is 44.3. The molecule has 0 saturated heterocycles. The van der Waals surface area contributed by atoms with E-state index in [9.17, 15) is 19.0 Å². The zero-order valence-electron chi connectivity index (χ0n) is 39.4. The summed E-state index contributed by atoms with van der Waals surface area (Å²) in [6.45, 7) is 4.24. The maximum atomic E-state index is 12.6. The van der Waals surface area contributed by atoms with Gasteiger partial charge in [-0.1, -0.05) is 204 Å². The molecule has 60 heavy (non-hydrogen) atoms. The Morgan fingerprint density at radius 1 is 0.533 bits per heavy atom. The number of phosphoric ester groups is 1. The molecule has 0 aromatic heterocycles. The van der Waals surface area contributed by atoms with Crippen LogP contribution < -0.4 is 0 Å². The number of phosphoric acid groups is 1. The van der Waals surface area contributed by atoms with Crippen molar-refractivity contribution in [2.24, 2.45) is 0 Å². The van der Waals surface area contributed by atoms with Crippen molar-refractivity contribution in [3.8, 4) is 0 Å². The number of esters is 2. The molecule has 0 aliphatic heterocycles. The molecule has 0 aliphatic rings. The molecule has 2 unspecified atom stereocenters. The summed E-state index contributed by atoms with van der Waals surface area (Å²) in [5, 5.41) is 0. The lowest BCUT2D eigenvalue weighted by Gasteiger charge is -2.24. The molecule has 350 valence electrons. The second-order valence-electron chi connectivity index (χ2n) is 17.5. The molecular weight excluding hydrogens is 774 g/mol. The normalized spacial score (nSPS) is 13.9. The molecule has 10 heteroatoms. The van der Waals surface area contributed by atoms with Gasteiger partial charge in [0.15, 0.2) is 6.10 Å². The zero-order valence-corrected chi connectivity index (χ0v) is 40.3. The molecule has 0 spiro atoms. The van der Waals surface area contributed by atoms with Gasteiger partial charge < -0.3 is 18.9 Å². The second-order valence-corrected chi connectivity index (χ2v) is 18.9. The van der Waals surface area contributed by atoms with Crippen molar-refractivity contribution in [1.82, 2.24) is 0 Å². The number of carbonyl (C=O) groups is 2. The van der Waals surface area contributed by atoms with Crippen molar-refractivity contribution in [2.45, 2.75) is 213 Å². The minimum Gasteiger partial charge on any atom is -0.462 e. The number of hydrogen-bond acceptors (Lipinski definition) is 7. The predicted octanol–water partition coefficient (Wildman–Crippen LogP) is 14.2. The SMILES string of the molecule is CC/C=C\C/C=C\C/C=C\C/C=C\CCC(=O)OC(COC(=O)CCCCCCCCCCCCCCCCCCCCCCCCC)COP(=O)(O)OCC[N+](C)(C)C. The standard InChI is InChI=1S/C50H92NO8P/c1-6-8-10-12-14-16-18-20-21-22-23-24-25-26-27-28-29-31-32-34-36-38-40-42-49(52)56-46-48(47-58-60(54,55)57-45-44-51(3,4)5)59-50(53)43-41-39-37-35-33-30-19-17-15-13-11-9-7-2/h9,11,15,17,30,33,37,39,48H,6-8,10,12-14,16,18-29,31-32,34-36,38,40-47H2,1-5H3/p+1/b11-9-,17-15-,33-30-,39-37-. The molecule has 0 aromatic carbocycles. The molecule has 9 nitrogen and oxygen atoms in total. The second kappa shape index (κ2) is 42.3. The van der Waals surface area contributed by atoms with Gasteiger partial charge in [-0.25, -0.2) is 4.57 Å². The van der Waals surface area contributed by atoms with E-state index in [1.807, 2.05) is 33.3 Å². The van der Waals surface area contributed by atoms with Gasteiger partial charge in [0.1, 0.15) is 19.8 Å². The number of ether oxygens (including phenoxy) is 2. The maximum absolute atomic E-state index is 12.6. The van der Waals surface area contributed by atoms with Crippen molar-refractivity contribution in [1.29, 1.82) is 0 Å². The van der Waals surface area contributed by atoms with Crippen molar-refractivity contribution < 1.29 is 42.1 Å². The average Bonchev–Trinajstić information content (AvgIpc) is 3.20. The summed E-state index contributed by atoms with van der Waals surface area (Å²) in [6.07, 6.45) is 50.6. The highest BCUT2D eigenvalue weighted by molar-refractivity contribution is 7.47. The molecule has 0 bridgehead atoms. The van der Waals surface area contributed by atoms with E-state index in [-0.39, 0.29) is 32.0 Å². The summed E-state index contributed by atoms with van der Waals surface area (Å²) in [6, 6.07) is 0. The Balaban J connectivity index is 4.23. The Morgan fingerprint density at radius 3 is 1.38 bits per heavy atom. The first-order valence-corrected chi connectivity index (χ1v) is 25.9. The summed E-state index contributed by atoms with van der Waals surface area (Å²) < 4.78 is 34.3. The minimum atomic E-state index is -4.39. The fourth-order valence-electron chi connectivity index (χ4n) is 6.62. The van der Waals surface area contributed by atoms with Crippen LogP contribution in [0.5, 0.6) is 0 Å². The van der Waals surface area contributed by atoms with Crippen molar-refractivity contribution in [3.05, 3.63) is 48.6 Å². The summed E-state index contributed by atoms with van der Waals surface area (Å²) in [7, 11) is 1.44. The molecule has 2 atom stereocenters. The van der Waals surface area contributed by atoms with Crippen LogP contribution in [0.1, 0.15) is 206 Å². The molecule has 0 rings (SSSR count). The third-order valence-electron chi connectivity index (χ3n) is 10.4. The van der Waals surface area contributed by atoms with E-state index < -0.39 is 26.5 Å². The third kappa shape index (κ3) is 45.5. The third-order valence-corrected chi connectivity index (χ3v) is 11.4. The fourth-order valence-corrected chi connectivity index (χ4v) is 7.36. The summed E-state index contributed by atoms with van der Waals surface area (Å²) >= 11 is 0. The Kier molecular flexibility index (Phi) is 40.8. The van der Waals surface area contributed by atoms with Gasteiger partial charge in [-0.3, -0.25) is 18.6 Å². The van der Waals surface area contributed by atoms with Crippen LogP contribution in [0.25, 0.3) is 0 Å². The first-order valence-electron chi connectivity index (χ1n) is 24.4. The van der Waals surface area contributed by atoms with Crippen LogP contribution in [-0.2, 0) is 32.7 Å². The van der Waals surface area contributed by atoms with Gasteiger partial charge in [-0.2, -0.15) is 0 Å². The number of rotatable bonds is 44. The first kappa shape index (κ1) is 58.0. The number of likely N-dealkylation sites (N-methyl/N-ethyl adjacent to an activating group) is 1. The van der Waals surface area contributed by atoms with E-state index >= 15 is 0 Å². The lowest BCUT2D eigenvalue weighted by molar-refractivity contribution is -0.870. The largest absolute Gasteiger partial charge is 0.472 e. The quantitative estimate of drug-likeness (QED) is 0.0212. The maximum Gasteiger partial charge on any atom is 0.472 e. The average molecular weight is 867 g/mol. The van der Waals surface area contributed by atoms with E-state index in [0.717, 1.165) is 44.9 Å². The highest BCUT2D eigenvalue weighted by Crippen LogP contribution is 2.43. The molecule has 0 aromatic rings. The summed E-state index contributed by atoms with van der Waals surface area (Å²) in [5.74, 6) is -0.888. The molecule has 1 N–H and O–H groups in total. The number of carbonyl (C=O) groups excluding carboxylic acids is 2. The molecule has 0 aliphatic carbocycles. The lowest BCUT2D eigenvalue weighted by Crippen LogP contribution is -2.37. The Morgan fingerprint density at radius 2 is 0.950 bits per heavy atom. The van der Waals surface area contributed by atoms with Crippen molar-refractivity contribution in [3.63, 3.8) is 0 Å². The Hall–Kier alpha value is -2.03. The Labute approximate surface area is 369 Å². The summed E-state index contributed by atoms with van der Waals surface area (Å²) in [5.41, 5.74) is 0. The Bertz CT molecular complexity index is 1160. The number of hydrogen-bond donors (Lipinski definition) is 1. The van der Waals surface area contributed by atoms with Crippen LogP contribution in [-0.4, -0.2) is 74.9 Å². The van der Waals surface area contributed by atoms with E-state index in [1.54, 1.807) is 0 Å². The number of quaternary nitrogens is 1. The van der Waals surface area contributed by atoms with Gasteiger partial charge in [0, 0.05) is 12.8 Å². The van der Waals surface area contributed by atoms with E-state index in [1.165, 1.54) is 128 Å². The van der Waals surface area contributed by atoms with Crippen LogP contribution in [0.3, 0.4) is 0 Å². The van der Waals surface area contributed by atoms with Gasteiger partial charge >= 0.3 is 19.8 Å².